The molecule has 1 saturated heterocycles. The molecule has 7 heteroatoms. The minimum Gasteiger partial charge on any atom is -0.476 e. The molecule has 0 saturated carbocycles. The first-order valence-electron chi connectivity index (χ1n) is 4.37. The molecule has 1 fully saturated rings. The molecule has 1 aliphatic heterocycles. The molecule has 15 heavy (non-hydrogen) atoms. The third-order valence-electron chi connectivity index (χ3n) is 2.32. The molecular formula is C8H9NO5S. The van der Waals surface area contributed by atoms with Gasteiger partial charge >= 0.3 is 5.97 Å². The van der Waals surface area contributed by atoms with Gasteiger partial charge in [-0.15, -0.1) is 0 Å². The van der Waals surface area contributed by atoms with E-state index in [4.69, 9.17) is 9.52 Å². The molecule has 0 radical (unpaired) electrons. The van der Waals surface area contributed by atoms with E-state index >= 15 is 0 Å². The first kappa shape index (κ1) is 10.2. The van der Waals surface area contributed by atoms with Gasteiger partial charge in [-0.05, 0) is 6.42 Å². The van der Waals surface area contributed by atoms with Crippen LogP contribution in [0, 0.1) is 0 Å². The largest absolute Gasteiger partial charge is 0.476 e. The molecule has 0 amide bonds. The van der Waals surface area contributed by atoms with Gasteiger partial charge < -0.3 is 9.52 Å². The van der Waals surface area contributed by atoms with E-state index in [0.717, 1.165) is 6.26 Å². The average molecular weight is 231 g/mol. The number of carbonyl (C=O) groups is 1. The molecule has 0 aromatic carbocycles. The lowest BCUT2D eigenvalue weighted by Gasteiger charge is -1.99. The number of oxazole rings is 1. The number of sulfone groups is 1. The van der Waals surface area contributed by atoms with Gasteiger partial charge in [0.1, 0.15) is 6.26 Å². The van der Waals surface area contributed by atoms with Crippen LogP contribution in [0.25, 0.3) is 0 Å². The Labute approximate surface area is 85.8 Å². The molecule has 1 aromatic heterocycles. The van der Waals surface area contributed by atoms with E-state index < -0.39 is 15.8 Å². The van der Waals surface area contributed by atoms with E-state index in [1.54, 1.807) is 0 Å². The molecule has 1 N–H and O–H groups in total. The van der Waals surface area contributed by atoms with Crippen LogP contribution in [0.15, 0.2) is 10.7 Å². The fourth-order valence-electron chi connectivity index (χ4n) is 1.56. The van der Waals surface area contributed by atoms with Crippen molar-refractivity contribution in [1.82, 2.24) is 4.98 Å². The monoisotopic (exact) mass is 231 g/mol. The van der Waals surface area contributed by atoms with Crippen molar-refractivity contribution in [3.05, 3.63) is 17.8 Å². The molecule has 2 rings (SSSR count). The molecule has 82 valence electrons. The smallest absolute Gasteiger partial charge is 0.357 e. The molecule has 0 bridgehead atoms. The second-order valence-electron chi connectivity index (χ2n) is 3.48. The summed E-state index contributed by atoms with van der Waals surface area (Å²) in [7, 11) is -3.00. The third kappa shape index (κ3) is 2.01. The zero-order chi connectivity index (χ0) is 11.1. The highest BCUT2D eigenvalue weighted by atomic mass is 32.2. The van der Waals surface area contributed by atoms with Gasteiger partial charge in [0.05, 0.1) is 17.4 Å². The Hall–Kier alpha value is -1.37. The second kappa shape index (κ2) is 3.34. The summed E-state index contributed by atoms with van der Waals surface area (Å²) in [5, 5.41) is 8.60. The van der Waals surface area contributed by atoms with Crippen LogP contribution in [0.5, 0.6) is 0 Å². The van der Waals surface area contributed by atoms with Crippen molar-refractivity contribution in [2.24, 2.45) is 0 Å². The number of carboxylic acids is 1. The van der Waals surface area contributed by atoms with Gasteiger partial charge in [0.25, 0.3) is 0 Å². The van der Waals surface area contributed by atoms with E-state index in [-0.39, 0.29) is 29.0 Å². The highest BCUT2D eigenvalue weighted by Crippen LogP contribution is 2.28. The second-order valence-corrected chi connectivity index (χ2v) is 5.70. The van der Waals surface area contributed by atoms with Gasteiger partial charge in [0, 0.05) is 0 Å². The first-order chi connectivity index (χ1) is 6.98. The topological polar surface area (TPSA) is 97.5 Å². The summed E-state index contributed by atoms with van der Waals surface area (Å²) in [6.45, 7) is 0. The van der Waals surface area contributed by atoms with Crippen LogP contribution in [0.2, 0.25) is 0 Å². The summed E-state index contributed by atoms with van der Waals surface area (Å²) < 4.78 is 27.3. The summed E-state index contributed by atoms with van der Waals surface area (Å²) >= 11 is 0. The number of hydrogen-bond donors (Lipinski definition) is 1. The van der Waals surface area contributed by atoms with Crippen molar-refractivity contribution >= 4 is 15.8 Å². The highest BCUT2D eigenvalue weighted by molar-refractivity contribution is 7.91. The number of rotatable bonds is 2. The van der Waals surface area contributed by atoms with Gasteiger partial charge in [-0.2, -0.15) is 0 Å². The predicted molar refractivity (Wildman–Crippen MR) is 49.5 cm³/mol. The molecule has 0 aliphatic carbocycles. The highest BCUT2D eigenvalue weighted by Gasteiger charge is 2.32. The van der Waals surface area contributed by atoms with Gasteiger partial charge in [0.2, 0.25) is 0 Å². The normalized spacial score (nSPS) is 24.1. The average Bonchev–Trinajstić information content (AvgIpc) is 2.70. The molecule has 6 nitrogen and oxygen atoms in total. The van der Waals surface area contributed by atoms with Crippen molar-refractivity contribution in [3.63, 3.8) is 0 Å². The van der Waals surface area contributed by atoms with Crippen molar-refractivity contribution in [2.45, 2.75) is 12.3 Å². The molecule has 1 aliphatic rings. The lowest BCUT2D eigenvalue weighted by Crippen LogP contribution is -2.04. The fraction of sp³-hybridized carbons (Fsp3) is 0.500. The molecule has 1 unspecified atom stereocenters. The Balaban J connectivity index is 2.21. The summed E-state index contributed by atoms with van der Waals surface area (Å²) in [6.07, 6.45) is 1.48. The first-order valence-corrected chi connectivity index (χ1v) is 6.19. The van der Waals surface area contributed by atoms with E-state index in [0.29, 0.717) is 6.42 Å². The number of carboxylic acid groups (broad SMARTS) is 1. The molecule has 0 spiro atoms. The quantitative estimate of drug-likeness (QED) is 0.784. The van der Waals surface area contributed by atoms with Crippen LogP contribution in [-0.2, 0) is 9.84 Å². The standard InChI is InChI=1S/C8H9NO5S/c10-8(11)6-3-14-7(9-6)5-1-2-15(12,13)4-5/h3,5H,1-2,4H2,(H,10,11). The van der Waals surface area contributed by atoms with E-state index in [2.05, 4.69) is 4.98 Å². The van der Waals surface area contributed by atoms with Gasteiger partial charge in [-0.25, -0.2) is 18.2 Å². The number of hydrogen-bond acceptors (Lipinski definition) is 5. The predicted octanol–water partition coefficient (Wildman–Crippen LogP) is 0.275. The van der Waals surface area contributed by atoms with Gasteiger partial charge in [-0.3, -0.25) is 0 Å². The van der Waals surface area contributed by atoms with E-state index in [1.165, 1.54) is 0 Å². The summed E-state index contributed by atoms with van der Waals surface area (Å²) in [6, 6.07) is 0. The van der Waals surface area contributed by atoms with Crippen LogP contribution >= 0.6 is 0 Å². The third-order valence-corrected chi connectivity index (χ3v) is 4.09. The maximum atomic E-state index is 11.2. The molecular weight excluding hydrogens is 222 g/mol. The maximum Gasteiger partial charge on any atom is 0.357 e. The van der Waals surface area contributed by atoms with E-state index in [1.807, 2.05) is 0 Å². The minimum atomic E-state index is -3.00. The maximum absolute atomic E-state index is 11.2. The van der Waals surface area contributed by atoms with Crippen LogP contribution in [-0.4, -0.2) is 36.0 Å². The van der Waals surface area contributed by atoms with E-state index in [9.17, 15) is 13.2 Å². The lowest BCUT2D eigenvalue weighted by molar-refractivity contribution is 0.0690. The molecule has 1 atom stereocenters. The SMILES string of the molecule is O=C(O)c1coc(C2CCS(=O)(=O)C2)n1. The van der Waals surface area contributed by atoms with Crippen molar-refractivity contribution in [1.29, 1.82) is 0 Å². The Morgan fingerprint density at radius 2 is 2.33 bits per heavy atom. The zero-order valence-electron chi connectivity index (χ0n) is 7.71. The molecule has 2 heterocycles. The van der Waals surface area contributed by atoms with Crippen molar-refractivity contribution in [3.8, 4) is 0 Å². The number of nitrogens with zero attached hydrogens (tertiary/aromatic N) is 1. The summed E-state index contributed by atoms with van der Waals surface area (Å²) in [4.78, 5) is 14.2. The zero-order valence-corrected chi connectivity index (χ0v) is 8.53. The van der Waals surface area contributed by atoms with Crippen molar-refractivity contribution in [2.75, 3.05) is 11.5 Å². The minimum absolute atomic E-state index is 0.00737. The Kier molecular flexibility index (Phi) is 2.26. The van der Waals surface area contributed by atoms with Crippen LogP contribution in [0.1, 0.15) is 28.7 Å². The van der Waals surface area contributed by atoms with Crippen LogP contribution < -0.4 is 0 Å². The fourth-order valence-corrected chi connectivity index (χ4v) is 3.30. The summed E-state index contributed by atoms with van der Waals surface area (Å²) in [5.41, 5.74) is -0.186. The molecule has 1 aromatic rings. The summed E-state index contributed by atoms with van der Waals surface area (Å²) in [5.74, 6) is -1.17. The lowest BCUT2D eigenvalue weighted by atomic mass is 10.1. The van der Waals surface area contributed by atoms with Crippen molar-refractivity contribution < 1.29 is 22.7 Å². The van der Waals surface area contributed by atoms with Crippen LogP contribution in [0.4, 0.5) is 0 Å². The Bertz CT molecular complexity index is 489. The van der Waals surface area contributed by atoms with Crippen LogP contribution in [0.3, 0.4) is 0 Å². The van der Waals surface area contributed by atoms with Gasteiger partial charge in [-0.1, -0.05) is 0 Å². The van der Waals surface area contributed by atoms with Gasteiger partial charge in [0.15, 0.2) is 21.4 Å². The Morgan fingerprint density at radius 1 is 1.60 bits per heavy atom. The Morgan fingerprint density at radius 3 is 2.80 bits per heavy atom. The number of aromatic nitrogens is 1. The number of aromatic carboxylic acids is 1.